The van der Waals surface area contributed by atoms with E-state index in [1.54, 1.807) is 0 Å². The molecule has 6 nitrogen and oxygen atoms in total. The van der Waals surface area contributed by atoms with Crippen molar-refractivity contribution < 1.29 is 13.5 Å². The van der Waals surface area contributed by atoms with Crippen LogP contribution in [0, 0.1) is 0 Å². The summed E-state index contributed by atoms with van der Waals surface area (Å²) in [6, 6.07) is 3.60. The summed E-state index contributed by atoms with van der Waals surface area (Å²) >= 11 is 1.53. The number of nitrogens with one attached hydrogen (secondary N) is 1. The smallest absolute Gasteiger partial charge is 0.244 e. The van der Waals surface area contributed by atoms with E-state index < -0.39 is 10.0 Å². The SMILES string of the molecule is CCC(NS(=O)(=O)c1cnn(CCCO)c1)c1cccs1. The van der Waals surface area contributed by atoms with Crippen molar-refractivity contribution in [2.24, 2.45) is 0 Å². The van der Waals surface area contributed by atoms with E-state index in [-0.39, 0.29) is 17.5 Å². The molecule has 0 saturated carbocycles. The average Bonchev–Trinajstić information content (AvgIpc) is 3.13. The van der Waals surface area contributed by atoms with E-state index in [2.05, 4.69) is 9.82 Å². The van der Waals surface area contributed by atoms with E-state index >= 15 is 0 Å². The molecule has 2 N–H and O–H groups in total. The van der Waals surface area contributed by atoms with Gasteiger partial charge in [-0.25, -0.2) is 13.1 Å². The highest BCUT2D eigenvalue weighted by molar-refractivity contribution is 7.89. The zero-order valence-electron chi connectivity index (χ0n) is 11.8. The molecule has 1 atom stereocenters. The van der Waals surface area contributed by atoms with Crippen molar-refractivity contribution in [1.29, 1.82) is 0 Å². The van der Waals surface area contributed by atoms with Crippen LogP contribution in [0.15, 0.2) is 34.8 Å². The first-order valence-electron chi connectivity index (χ1n) is 6.76. The lowest BCUT2D eigenvalue weighted by molar-refractivity contribution is 0.277. The fourth-order valence-electron chi connectivity index (χ4n) is 1.93. The number of rotatable bonds is 8. The monoisotopic (exact) mass is 329 g/mol. The molecule has 0 aliphatic carbocycles. The lowest BCUT2D eigenvalue weighted by atomic mass is 10.2. The standard InChI is InChI=1S/C13H19N3O3S2/c1-2-12(13-5-3-8-20-13)15-21(18,19)11-9-14-16(10-11)6-4-7-17/h3,5,8-10,12,15,17H,2,4,6-7H2,1H3. The van der Waals surface area contributed by atoms with Gasteiger partial charge in [0.05, 0.1) is 12.2 Å². The van der Waals surface area contributed by atoms with Crippen LogP contribution < -0.4 is 4.72 Å². The quantitative estimate of drug-likeness (QED) is 0.773. The Kier molecular flexibility index (Phi) is 5.51. The maximum absolute atomic E-state index is 12.4. The van der Waals surface area contributed by atoms with E-state index in [0.717, 1.165) is 4.88 Å². The lowest BCUT2D eigenvalue weighted by Crippen LogP contribution is -2.27. The Hall–Kier alpha value is -1.22. The predicted molar refractivity (Wildman–Crippen MR) is 81.6 cm³/mol. The maximum Gasteiger partial charge on any atom is 0.244 e. The Morgan fingerprint density at radius 3 is 2.95 bits per heavy atom. The summed E-state index contributed by atoms with van der Waals surface area (Å²) in [5.41, 5.74) is 0. The zero-order valence-corrected chi connectivity index (χ0v) is 13.4. The molecule has 0 radical (unpaired) electrons. The van der Waals surface area contributed by atoms with Crippen LogP contribution in [-0.4, -0.2) is 29.9 Å². The van der Waals surface area contributed by atoms with Crippen LogP contribution >= 0.6 is 11.3 Å². The van der Waals surface area contributed by atoms with Crippen molar-refractivity contribution >= 4 is 21.4 Å². The molecule has 2 aromatic heterocycles. The second kappa shape index (κ2) is 7.17. The summed E-state index contributed by atoms with van der Waals surface area (Å²) < 4.78 is 29.0. The molecule has 0 aromatic carbocycles. The van der Waals surface area contributed by atoms with Gasteiger partial charge >= 0.3 is 0 Å². The minimum atomic E-state index is -3.59. The highest BCUT2D eigenvalue weighted by Gasteiger charge is 2.22. The Morgan fingerprint density at radius 1 is 1.52 bits per heavy atom. The number of nitrogens with zero attached hydrogens (tertiary/aromatic N) is 2. The van der Waals surface area contributed by atoms with Crippen LogP contribution in [0.2, 0.25) is 0 Å². The number of thiophene rings is 1. The van der Waals surface area contributed by atoms with Gasteiger partial charge in [0.2, 0.25) is 10.0 Å². The van der Waals surface area contributed by atoms with Gasteiger partial charge in [0.1, 0.15) is 4.90 Å². The topological polar surface area (TPSA) is 84.2 Å². The van der Waals surface area contributed by atoms with Gasteiger partial charge < -0.3 is 5.11 Å². The summed E-state index contributed by atoms with van der Waals surface area (Å²) in [7, 11) is -3.59. The Balaban J connectivity index is 2.12. The van der Waals surface area contributed by atoms with Crippen LogP contribution in [0.5, 0.6) is 0 Å². The van der Waals surface area contributed by atoms with Crippen molar-refractivity contribution in [1.82, 2.24) is 14.5 Å². The van der Waals surface area contributed by atoms with Crippen molar-refractivity contribution in [2.45, 2.75) is 37.2 Å². The van der Waals surface area contributed by atoms with E-state index in [1.165, 1.54) is 28.4 Å². The minimum absolute atomic E-state index is 0.0521. The lowest BCUT2D eigenvalue weighted by Gasteiger charge is -2.14. The molecule has 21 heavy (non-hydrogen) atoms. The molecule has 0 spiro atoms. The van der Waals surface area contributed by atoms with Gasteiger partial charge in [0.15, 0.2) is 0 Å². The van der Waals surface area contributed by atoms with E-state index in [9.17, 15) is 8.42 Å². The summed E-state index contributed by atoms with van der Waals surface area (Å²) in [6.07, 6.45) is 4.04. The Labute approximate surface area is 128 Å². The second-order valence-electron chi connectivity index (χ2n) is 4.61. The molecule has 116 valence electrons. The maximum atomic E-state index is 12.4. The van der Waals surface area contributed by atoms with Crippen molar-refractivity contribution in [3.63, 3.8) is 0 Å². The average molecular weight is 329 g/mol. The summed E-state index contributed by atoms with van der Waals surface area (Å²) in [6.45, 7) is 2.49. The van der Waals surface area contributed by atoms with Gasteiger partial charge in [-0.3, -0.25) is 4.68 Å². The van der Waals surface area contributed by atoms with Crippen LogP contribution in [-0.2, 0) is 16.6 Å². The molecule has 0 saturated heterocycles. The molecular weight excluding hydrogens is 310 g/mol. The summed E-state index contributed by atoms with van der Waals surface area (Å²) in [4.78, 5) is 1.14. The third kappa shape index (κ3) is 4.13. The predicted octanol–water partition coefficient (Wildman–Crippen LogP) is 1.76. The van der Waals surface area contributed by atoms with E-state index in [0.29, 0.717) is 19.4 Å². The molecule has 0 fully saturated rings. The highest BCUT2D eigenvalue weighted by atomic mass is 32.2. The molecule has 8 heteroatoms. The van der Waals surface area contributed by atoms with Crippen LogP contribution in [0.1, 0.15) is 30.7 Å². The summed E-state index contributed by atoms with van der Waals surface area (Å²) in [5.74, 6) is 0. The van der Waals surface area contributed by atoms with Gasteiger partial charge in [-0.1, -0.05) is 13.0 Å². The van der Waals surface area contributed by atoms with Gasteiger partial charge in [-0.05, 0) is 24.3 Å². The molecule has 2 aromatic rings. The Bertz CT molecular complexity index is 650. The second-order valence-corrected chi connectivity index (χ2v) is 7.31. The third-order valence-electron chi connectivity index (χ3n) is 3.06. The first-order valence-corrected chi connectivity index (χ1v) is 9.12. The Morgan fingerprint density at radius 2 is 2.33 bits per heavy atom. The molecule has 1 unspecified atom stereocenters. The molecule has 2 heterocycles. The van der Waals surface area contributed by atoms with Crippen LogP contribution in [0.25, 0.3) is 0 Å². The molecule has 0 bridgehead atoms. The molecule has 2 rings (SSSR count). The van der Waals surface area contributed by atoms with Crippen LogP contribution in [0.4, 0.5) is 0 Å². The van der Waals surface area contributed by atoms with E-state index in [4.69, 9.17) is 5.11 Å². The van der Waals surface area contributed by atoms with Crippen molar-refractivity contribution in [2.75, 3.05) is 6.61 Å². The largest absolute Gasteiger partial charge is 0.396 e. The number of aryl methyl sites for hydroxylation is 1. The number of aliphatic hydroxyl groups is 1. The van der Waals surface area contributed by atoms with Gasteiger partial charge in [-0.2, -0.15) is 5.10 Å². The van der Waals surface area contributed by atoms with Crippen LogP contribution in [0.3, 0.4) is 0 Å². The van der Waals surface area contributed by atoms with Crippen molar-refractivity contribution in [3.05, 3.63) is 34.8 Å². The molecule has 0 aliphatic rings. The zero-order chi connectivity index (χ0) is 15.3. The first kappa shape index (κ1) is 16.2. The molecular formula is C13H19N3O3S2. The summed E-state index contributed by atoms with van der Waals surface area (Å²) in [5, 5.41) is 14.7. The number of aliphatic hydroxyl groups excluding tert-OH is 1. The molecule has 0 amide bonds. The van der Waals surface area contributed by atoms with Gasteiger partial charge in [0, 0.05) is 24.2 Å². The van der Waals surface area contributed by atoms with Gasteiger partial charge in [0.25, 0.3) is 0 Å². The number of sulfonamides is 1. The number of aromatic nitrogens is 2. The minimum Gasteiger partial charge on any atom is -0.396 e. The highest BCUT2D eigenvalue weighted by Crippen LogP contribution is 2.23. The van der Waals surface area contributed by atoms with E-state index in [1.807, 2.05) is 24.4 Å². The third-order valence-corrected chi connectivity index (χ3v) is 5.47. The van der Waals surface area contributed by atoms with Crippen molar-refractivity contribution in [3.8, 4) is 0 Å². The number of hydrogen-bond acceptors (Lipinski definition) is 5. The first-order chi connectivity index (χ1) is 10.1. The van der Waals surface area contributed by atoms with Gasteiger partial charge in [-0.15, -0.1) is 11.3 Å². The number of hydrogen-bond donors (Lipinski definition) is 2. The normalized spacial score (nSPS) is 13.4. The fourth-order valence-corrected chi connectivity index (χ4v) is 4.11. The molecule has 0 aliphatic heterocycles. The fraction of sp³-hybridized carbons (Fsp3) is 0.462.